The van der Waals surface area contributed by atoms with Crippen LogP contribution in [0.1, 0.15) is 43.2 Å². The maximum absolute atomic E-state index is 12.1. The van der Waals surface area contributed by atoms with Crippen LogP contribution in [0, 0.1) is 5.92 Å². The van der Waals surface area contributed by atoms with Crippen LogP contribution in [0.2, 0.25) is 0 Å². The van der Waals surface area contributed by atoms with Crippen molar-refractivity contribution in [3.63, 3.8) is 0 Å². The SMILES string of the molecule is N/N=C1\CC[C@@]2(O)[C@H]3Cc4ccc(O)c5c4[C@@]2(CCN3CC2CC2)[C@H]1O5. The Bertz CT molecular complexity index is 836. The molecular weight excluding hydrogens is 330 g/mol. The van der Waals surface area contributed by atoms with E-state index in [1.807, 2.05) is 6.07 Å². The highest BCUT2D eigenvalue weighted by Crippen LogP contribution is 2.65. The van der Waals surface area contributed by atoms with Crippen LogP contribution in [-0.4, -0.2) is 51.7 Å². The Labute approximate surface area is 152 Å². The molecule has 1 aromatic rings. The molecule has 4 N–H and O–H groups in total. The summed E-state index contributed by atoms with van der Waals surface area (Å²) in [6.07, 6.45) is 5.21. The molecule has 1 aromatic carbocycles. The van der Waals surface area contributed by atoms with E-state index < -0.39 is 11.0 Å². The van der Waals surface area contributed by atoms with Crippen LogP contribution in [0.15, 0.2) is 17.2 Å². The van der Waals surface area contributed by atoms with Crippen molar-refractivity contribution in [3.8, 4) is 11.5 Å². The standard InChI is InChI=1S/C20H25N3O3/c21-22-13-5-6-20(25)15-9-12-3-4-14(24)17-16(12)19(20,18(13)26-17)7-8-23(15)10-11-1-2-11/h3-4,11,15,18,24-25H,1-2,5-10,21H2/b22-13+/t15-,18+,19+,20-/m1/s1. The predicted octanol–water partition coefficient (Wildman–Crippen LogP) is 1.27. The Balaban J connectivity index is 1.58. The highest BCUT2D eigenvalue weighted by Gasteiger charge is 2.72. The van der Waals surface area contributed by atoms with E-state index in [9.17, 15) is 10.2 Å². The van der Waals surface area contributed by atoms with Gasteiger partial charge in [-0.2, -0.15) is 5.10 Å². The summed E-state index contributed by atoms with van der Waals surface area (Å²) in [5.74, 6) is 7.20. The van der Waals surface area contributed by atoms with E-state index >= 15 is 0 Å². The third-order valence-electron chi connectivity index (χ3n) is 7.74. The number of nitrogens with two attached hydrogens (primary N) is 1. The molecule has 6 heteroatoms. The lowest BCUT2D eigenvalue weighted by atomic mass is 9.49. The molecular formula is C20H25N3O3. The maximum Gasteiger partial charge on any atom is 0.166 e. The summed E-state index contributed by atoms with van der Waals surface area (Å²) in [5, 5.41) is 26.6. The van der Waals surface area contributed by atoms with Crippen molar-refractivity contribution >= 4 is 5.71 Å². The van der Waals surface area contributed by atoms with Crippen molar-refractivity contribution < 1.29 is 14.9 Å². The molecule has 6 rings (SSSR count). The first kappa shape index (κ1) is 15.3. The maximum atomic E-state index is 12.1. The normalized spacial score (nSPS) is 41.8. The predicted molar refractivity (Wildman–Crippen MR) is 96.4 cm³/mol. The minimum Gasteiger partial charge on any atom is -0.504 e. The topological polar surface area (TPSA) is 91.3 Å². The third-order valence-corrected chi connectivity index (χ3v) is 7.74. The zero-order chi connectivity index (χ0) is 17.7. The lowest BCUT2D eigenvalue weighted by Gasteiger charge is -2.63. The fourth-order valence-electron chi connectivity index (χ4n) is 6.41. The summed E-state index contributed by atoms with van der Waals surface area (Å²) in [6, 6.07) is 3.85. The molecule has 0 aromatic heterocycles. The van der Waals surface area contributed by atoms with Crippen molar-refractivity contribution in [1.82, 2.24) is 4.90 Å². The number of aromatic hydroxyl groups is 1. The first-order valence-corrected chi connectivity index (χ1v) is 9.83. The average molecular weight is 355 g/mol. The van der Waals surface area contributed by atoms with Crippen molar-refractivity contribution in [2.75, 3.05) is 13.1 Å². The molecule has 5 aliphatic rings. The molecule has 1 saturated heterocycles. The number of hydrazone groups is 1. The van der Waals surface area contributed by atoms with Crippen LogP contribution >= 0.6 is 0 Å². The Hall–Kier alpha value is -1.79. The fraction of sp³-hybridized carbons (Fsp3) is 0.650. The van der Waals surface area contributed by atoms with Gasteiger partial charge >= 0.3 is 0 Å². The van der Waals surface area contributed by atoms with Gasteiger partial charge in [0.25, 0.3) is 0 Å². The number of hydrogen-bond donors (Lipinski definition) is 3. The largest absolute Gasteiger partial charge is 0.504 e. The van der Waals surface area contributed by atoms with Gasteiger partial charge in [0, 0.05) is 18.2 Å². The number of hydrogen-bond acceptors (Lipinski definition) is 6. The van der Waals surface area contributed by atoms with E-state index in [-0.39, 0.29) is 17.9 Å². The minimum absolute atomic E-state index is 0.102. The quantitative estimate of drug-likeness (QED) is 0.549. The van der Waals surface area contributed by atoms with E-state index in [1.165, 1.54) is 18.4 Å². The number of rotatable bonds is 2. The van der Waals surface area contributed by atoms with Crippen LogP contribution in [0.25, 0.3) is 0 Å². The van der Waals surface area contributed by atoms with Crippen LogP contribution in [0.5, 0.6) is 11.5 Å². The second-order valence-electron chi connectivity index (χ2n) is 8.87. The molecule has 0 unspecified atom stereocenters. The second kappa shape index (κ2) is 4.73. The molecule has 3 fully saturated rings. The molecule has 2 saturated carbocycles. The summed E-state index contributed by atoms with van der Waals surface area (Å²) >= 11 is 0. The summed E-state index contributed by atoms with van der Waals surface area (Å²) in [7, 11) is 0. The summed E-state index contributed by atoms with van der Waals surface area (Å²) in [4.78, 5) is 2.53. The molecule has 26 heavy (non-hydrogen) atoms. The highest BCUT2D eigenvalue weighted by atomic mass is 16.5. The monoisotopic (exact) mass is 355 g/mol. The van der Waals surface area contributed by atoms with Gasteiger partial charge in [-0.3, -0.25) is 4.90 Å². The summed E-state index contributed by atoms with van der Waals surface area (Å²) in [6.45, 7) is 2.04. The Morgan fingerprint density at radius 3 is 2.92 bits per heavy atom. The lowest BCUT2D eigenvalue weighted by Crippen LogP contribution is -2.76. The zero-order valence-corrected chi connectivity index (χ0v) is 14.8. The van der Waals surface area contributed by atoms with Crippen LogP contribution in [-0.2, 0) is 11.8 Å². The molecule has 6 nitrogen and oxygen atoms in total. The number of piperidine rings is 1. The second-order valence-corrected chi connectivity index (χ2v) is 8.87. The van der Waals surface area contributed by atoms with Crippen LogP contribution in [0.4, 0.5) is 0 Å². The summed E-state index contributed by atoms with van der Waals surface area (Å²) < 4.78 is 6.27. The van der Waals surface area contributed by atoms with Gasteiger partial charge in [-0.15, -0.1) is 0 Å². The van der Waals surface area contributed by atoms with Crippen LogP contribution in [0.3, 0.4) is 0 Å². The average Bonchev–Trinajstić information content (AvgIpc) is 3.37. The molecule has 2 bridgehead atoms. The van der Waals surface area contributed by atoms with E-state index in [0.29, 0.717) is 18.6 Å². The van der Waals surface area contributed by atoms with E-state index in [2.05, 4.69) is 10.0 Å². The third kappa shape index (κ3) is 1.59. The lowest BCUT2D eigenvalue weighted by molar-refractivity contribution is -0.166. The van der Waals surface area contributed by atoms with Crippen molar-refractivity contribution in [1.29, 1.82) is 0 Å². The Morgan fingerprint density at radius 1 is 1.31 bits per heavy atom. The van der Waals surface area contributed by atoms with E-state index in [4.69, 9.17) is 10.6 Å². The fourth-order valence-corrected chi connectivity index (χ4v) is 6.41. The molecule has 2 aliphatic heterocycles. The number of aliphatic hydroxyl groups is 1. The van der Waals surface area contributed by atoms with Gasteiger partial charge in [-0.05, 0) is 62.6 Å². The number of phenolic OH excluding ortho intramolecular Hbond substituents is 1. The van der Waals surface area contributed by atoms with Gasteiger partial charge in [0.05, 0.1) is 16.7 Å². The number of phenols is 1. The van der Waals surface area contributed by atoms with Gasteiger partial charge < -0.3 is 20.8 Å². The van der Waals surface area contributed by atoms with Crippen LogP contribution < -0.4 is 10.6 Å². The van der Waals surface area contributed by atoms with Crippen molar-refractivity contribution in [2.24, 2.45) is 16.9 Å². The molecule has 1 spiro atoms. The number of likely N-dealkylation sites (tertiary alicyclic amines) is 1. The Kier molecular flexibility index (Phi) is 2.78. The molecule has 3 aliphatic carbocycles. The molecule has 0 radical (unpaired) electrons. The summed E-state index contributed by atoms with van der Waals surface area (Å²) in [5.41, 5.74) is 1.65. The van der Waals surface area contributed by atoms with Gasteiger partial charge in [0.1, 0.15) is 0 Å². The first-order valence-electron chi connectivity index (χ1n) is 9.83. The van der Waals surface area contributed by atoms with Gasteiger partial charge in [0.2, 0.25) is 0 Å². The molecule has 0 amide bonds. The number of ether oxygens (including phenoxy) is 1. The zero-order valence-electron chi connectivity index (χ0n) is 14.8. The molecule has 4 atom stereocenters. The molecule has 2 heterocycles. The van der Waals surface area contributed by atoms with E-state index in [0.717, 1.165) is 43.1 Å². The van der Waals surface area contributed by atoms with Crippen molar-refractivity contribution in [3.05, 3.63) is 23.3 Å². The highest BCUT2D eigenvalue weighted by molar-refractivity contribution is 5.94. The van der Waals surface area contributed by atoms with Crippen molar-refractivity contribution in [2.45, 2.75) is 61.7 Å². The van der Waals surface area contributed by atoms with Gasteiger partial charge in [0.15, 0.2) is 17.6 Å². The smallest absolute Gasteiger partial charge is 0.166 e. The number of benzene rings is 1. The van der Waals surface area contributed by atoms with Gasteiger partial charge in [-0.1, -0.05) is 6.07 Å². The molecule has 138 valence electrons. The minimum atomic E-state index is -0.856. The Morgan fingerprint density at radius 2 is 2.15 bits per heavy atom. The van der Waals surface area contributed by atoms with E-state index in [1.54, 1.807) is 6.07 Å². The first-order chi connectivity index (χ1) is 12.6. The van der Waals surface area contributed by atoms with Gasteiger partial charge in [-0.25, -0.2) is 0 Å². The number of nitrogens with zero attached hydrogens (tertiary/aromatic N) is 2.